The maximum atomic E-state index is 5.56. The first kappa shape index (κ1) is 28.5. The number of rotatable bonds is 6. The van der Waals surface area contributed by atoms with Crippen molar-refractivity contribution in [2.24, 2.45) is 11.8 Å². The van der Waals surface area contributed by atoms with E-state index in [0.29, 0.717) is 11.8 Å². The zero-order valence-electron chi connectivity index (χ0n) is 26.2. The Morgan fingerprint density at radius 1 is 0.711 bits per heavy atom. The Balaban J connectivity index is 1.50. The van der Waals surface area contributed by atoms with Crippen LogP contribution in [0.4, 0.5) is 0 Å². The number of aryl methyl sites for hydroxylation is 1. The van der Waals surface area contributed by atoms with Crippen LogP contribution in [0.15, 0.2) is 48.5 Å². The van der Waals surface area contributed by atoms with Crippen molar-refractivity contribution in [2.45, 2.75) is 54.4 Å². The van der Waals surface area contributed by atoms with Crippen molar-refractivity contribution in [3.8, 4) is 55.2 Å². The summed E-state index contributed by atoms with van der Waals surface area (Å²) in [5.74, 6) is 7.64. The van der Waals surface area contributed by atoms with Crippen LogP contribution in [0.1, 0.15) is 55.5 Å². The van der Waals surface area contributed by atoms with Gasteiger partial charge in [-0.15, -0.1) is 28.6 Å². The van der Waals surface area contributed by atoms with Gasteiger partial charge in [-0.2, -0.15) is 8.75 Å². The predicted octanol–water partition coefficient (Wildman–Crippen LogP) is 11.0. The van der Waals surface area contributed by atoms with Gasteiger partial charge in [-0.25, -0.2) is 9.97 Å². The monoisotopic (exact) mass is 640 g/mol. The van der Waals surface area contributed by atoms with E-state index in [9.17, 15) is 0 Å². The molecular formula is C38H32N4S3. The Bertz CT molecular complexity index is 2370. The number of thiophene rings is 2. The smallest absolute Gasteiger partial charge is 0.116 e. The summed E-state index contributed by atoms with van der Waals surface area (Å²) < 4.78 is 9.93. The standard InChI is InChI=1S/C38H32N4S3/c1-7-10-27-24(16-20(4)5)18-29(44-27)32-36-35(39-33-25-13-8-11-22-12-9-14-26(30(22)25)34(33)40-36)31(37-38(32)42-45-41-37)28-17-23(15-19(2)3)21(6)43-28/h8-9,11-14,17-20H,15-16H2,1-6H3. The van der Waals surface area contributed by atoms with E-state index in [1.54, 1.807) is 11.3 Å². The van der Waals surface area contributed by atoms with Gasteiger partial charge in [-0.3, -0.25) is 0 Å². The number of fused-ring (bicyclic) bond motifs is 5. The fourth-order valence-corrected chi connectivity index (χ4v) is 9.55. The van der Waals surface area contributed by atoms with Crippen molar-refractivity contribution in [2.75, 3.05) is 0 Å². The minimum absolute atomic E-state index is 0.522. The summed E-state index contributed by atoms with van der Waals surface area (Å²) in [6, 6.07) is 17.7. The van der Waals surface area contributed by atoms with Crippen LogP contribution < -0.4 is 0 Å². The molecule has 0 N–H and O–H groups in total. The third-order valence-electron chi connectivity index (χ3n) is 8.56. The van der Waals surface area contributed by atoms with Gasteiger partial charge in [0.2, 0.25) is 0 Å². The lowest BCUT2D eigenvalue weighted by Gasteiger charge is -2.12. The van der Waals surface area contributed by atoms with Gasteiger partial charge in [0.25, 0.3) is 0 Å². The summed E-state index contributed by atoms with van der Waals surface area (Å²) >= 11 is 4.85. The lowest BCUT2D eigenvalue weighted by atomic mass is 9.98. The summed E-state index contributed by atoms with van der Waals surface area (Å²) in [7, 11) is 0. The van der Waals surface area contributed by atoms with Crippen molar-refractivity contribution in [1.29, 1.82) is 0 Å². The molecule has 45 heavy (non-hydrogen) atoms. The van der Waals surface area contributed by atoms with Crippen molar-refractivity contribution in [3.63, 3.8) is 0 Å². The molecule has 4 heterocycles. The summed E-state index contributed by atoms with van der Waals surface area (Å²) in [5, 5.41) is 2.44. The van der Waals surface area contributed by atoms with Gasteiger partial charge in [0, 0.05) is 42.3 Å². The fourth-order valence-electron chi connectivity index (χ4n) is 6.75. The Labute approximate surface area is 275 Å². The van der Waals surface area contributed by atoms with Gasteiger partial charge >= 0.3 is 0 Å². The first-order valence-corrected chi connectivity index (χ1v) is 17.9. The zero-order chi connectivity index (χ0) is 31.0. The molecule has 3 aromatic carbocycles. The minimum Gasteiger partial charge on any atom is -0.243 e. The van der Waals surface area contributed by atoms with Crippen LogP contribution in [-0.2, 0) is 12.8 Å². The van der Waals surface area contributed by atoms with Gasteiger partial charge in [-0.05, 0) is 67.2 Å². The molecule has 0 atom stereocenters. The Morgan fingerprint density at radius 2 is 1.27 bits per heavy atom. The van der Waals surface area contributed by atoms with Crippen LogP contribution in [0.25, 0.3) is 76.2 Å². The molecule has 1 aliphatic rings. The van der Waals surface area contributed by atoms with E-state index >= 15 is 0 Å². The molecule has 4 aromatic heterocycles. The van der Waals surface area contributed by atoms with E-state index in [4.69, 9.17) is 18.7 Å². The van der Waals surface area contributed by atoms with Crippen molar-refractivity contribution in [3.05, 3.63) is 69.4 Å². The van der Waals surface area contributed by atoms with Crippen molar-refractivity contribution >= 4 is 67.2 Å². The lowest BCUT2D eigenvalue weighted by molar-refractivity contribution is 0.647. The normalized spacial score (nSPS) is 12.2. The van der Waals surface area contributed by atoms with Gasteiger partial charge in [0.05, 0.1) is 28.0 Å². The molecule has 0 fully saturated rings. The summed E-state index contributed by atoms with van der Waals surface area (Å²) in [6.07, 6.45) is 2.02. The van der Waals surface area contributed by atoms with E-state index in [1.807, 2.05) is 18.3 Å². The quantitative estimate of drug-likeness (QED) is 0.170. The molecule has 0 amide bonds. The van der Waals surface area contributed by atoms with Gasteiger partial charge < -0.3 is 0 Å². The predicted molar refractivity (Wildman–Crippen MR) is 193 cm³/mol. The summed E-state index contributed by atoms with van der Waals surface area (Å²) in [4.78, 5) is 15.9. The maximum absolute atomic E-state index is 5.56. The number of aromatic nitrogens is 4. The van der Waals surface area contributed by atoms with Gasteiger partial charge in [0.15, 0.2) is 0 Å². The molecule has 0 bridgehead atoms. The Morgan fingerprint density at radius 3 is 1.84 bits per heavy atom. The molecule has 0 saturated carbocycles. The van der Waals surface area contributed by atoms with Crippen LogP contribution in [-0.4, -0.2) is 18.7 Å². The molecule has 8 rings (SSSR count). The van der Waals surface area contributed by atoms with Crippen LogP contribution in [0, 0.1) is 30.6 Å². The fraction of sp³-hybridized carbons (Fsp3) is 0.263. The highest BCUT2D eigenvalue weighted by Gasteiger charge is 2.30. The second kappa shape index (κ2) is 10.8. The SMILES string of the molecule is CC#Cc1sc(-c2c3nsnc3c(-c3cc(CC(C)C)c(C)s3)c3nc4c(nc23)-c2cccc3cccc-4c23)cc1CC(C)C. The van der Waals surface area contributed by atoms with E-state index in [1.165, 1.54) is 43.4 Å². The van der Waals surface area contributed by atoms with Crippen molar-refractivity contribution < 1.29 is 0 Å². The molecule has 222 valence electrons. The average Bonchev–Trinajstić information content (AvgIpc) is 3.78. The van der Waals surface area contributed by atoms with E-state index in [-0.39, 0.29) is 0 Å². The molecule has 0 saturated heterocycles. The molecule has 0 radical (unpaired) electrons. The molecular weight excluding hydrogens is 609 g/mol. The number of hydrogen-bond donors (Lipinski definition) is 0. The van der Waals surface area contributed by atoms with Crippen molar-refractivity contribution in [1.82, 2.24) is 18.7 Å². The molecule has 7 heteroatoms. The summed E-state index contributed by atoms with van der Waals surface area (Å²) in [6.45, 7) is 13.2. The highest BCUT2D eigenvalue weighted by atomic mass is 32.1. The number of nitrogens with zero attached hydrogens (tertiary/aromatic N) is 4. The first-order chi connectivity index (χ1) is 21.8. The van der Waals surface area contributed by atoms with Crippen LogP contribution in [0.3, 0.4) is 0 Å². The van der Waals surface area contributed by atoms with Crippen LogP contribution in [0.2, 0.25) is 0 Å². The second-order valence-corrected chi connectivity index (χ2v) is 15.6. The minimum atomic E-state index is 0.522. The third-order valence-corrected chi connectivity index (χ3v) is 11.3. The number of benzene rings is 3. The van der Waals surface area contributed by atoms with Crippen LogP contribution >= 0.6 is 34.4 Å². The molecule has 7 aromatic rings. The topological polar surface area (TPSA) is 51.6 Å². The Kier molecular flexibility index (Phi) is 6.87. The highest BCUT2D eigenvalue weighted by Crippen LogP contribution is 2.50. The molecule has 1 aliphatic carbocycles. The maximum Gasteiger partial charge on any atom is 0.116 e. The highest BCUT2D eigenvalue weighted by molar-refractivity contribution is 7.16. The van der Waals surface area contributed by atoms with Gasteiger partial charge in [-0.1, -0.05) is 70.0 Å². The molecule has 0 aliphatic heterocycles. The molecule has 4 nitrogen and oxygen atoms in total. The summed E-state index contributed by atoms with van der Waals surface area (Å²) in [5.41, 5.74) is 12.5. The van der Waals surface area contributed by atoms with E-state index in [2.05, 4.69) is 95.0 Å². The Hall–Kier alpha value is -3.96. The number of hydrogen-bond acceptors (Lipinski definition) is 7. The molecule has 0 spiro atoms. The average molecular weight is 641 g/mol. The van der Waals surface area contributed by atoms with Crippen LogP contribution in [0.5, 0.6) is 0 Å². The lowest BCUT2D eigenvalue weighted by Crippen LogP contribution is -1.97. The zero-order valence-corrected chi connectivity index (χ0v) is 28.7. The largest absolute Gasteiger partial charge is 0.243 e. The van der Waals surface area contributed by atoms with Gasteiger partial charge in [0.1, 0.15) is 22.1 Å². The van der Waals surface area contributed by atoms with E-state index < -0.39 is 0 Å². The second-order valence-electron chi connectivity index (χ2n) is 12.8. The third kappa shape index (κ3) is 4.53. The molecule has 0 unspecified atom stereocenters. The first-order valence-electron chi connectivity index (χ1n) is 15.5. The van der Waals surface area contributed by atoms with E-state index in [0.717, 1.165) is 78.3 Å².